The summed E-state index contributed by atoms with van der Waals surface area (Å²) in [4.78, 5) is 0. The molecule has 0 bridgehead atoms. The fourth-order valence-corrected chi connectivity index (χ4v) is 12.4. The predicted octanol–water partition coefficient (Wildman–Crippen LogP) is 7.33. The van der Waals surface area contributed by atoms with Gasteiger partial charge in [-0.15, -0.1) is 0 Å². The van der Waals surface area contributed by atoms with Gasteiger partial charge in [-0.3, -0.25) is 0 Å². The largest absolute Gasteiger partial charge is 0.449 e. The van der Waals surface area contributed by atoms with Gasteiger partial charge in [0.05, 0.1) is 13.3 Å². The van der Waals surface area contributed by atoms with Gasteiger partial charge in [-0.05, 0) is 72.8 Å². The van der Waals surface area contributed by atoms with E-state index in [1.165, 1.54) is 31.8 Å². The number of hydrogen-bond acceptors (Lipinski definition) is 1. The van der Waals surface area contributed by atoms with Crippen LogP contribution in [-0.2, 0) is 0 Å². The summed E-state index contributed by atoms with van der Waals surface area (Å²) in [6.45, 7) is 4.83. The highest BCUT2D eigenvalue weighted by Crippen LogP contribution is 2.56. The third-order valence-corrected chi connectivity index (χ3v) is 16.0. The number of rotatable bonds is 8. The molecule has 0 saturated heterocycles. The minimum absolute atomic E-state index is 0.913. The van der Waals surface area contributed by atoms with Crippen LogP contribution in [0.15, 0.2) is 170 Å². The fourth-order valence-electron chi connectivity index (χ4n) is 5.70. The van der Waals surface area contributed by atoms with Gasteiger partial charge in [0.25, 0.3) is 0 Å². The number of ether oxygens (including phenoxy) is 1. The molecule has 0 N–H and O–H groups in total. The second-order valence-electron chi connectivity index (χ2n) is 10.4. The molecule has 1 nitrogen and oxygen atoms in total. The van der Waals surface area contributed by atoms with E-state index in [9.17, 15) is 0 Å². The van der Waals surface area contributed by atoms with Crippen LogP contribution in [0.5, 0.6) is 11.5 Å². The molecule has 200 valence electrons. The Hall–Kier alpha value is -4.02. The topological polar surface area (TPSA) is 9.23 Å². The van der Waals surface area contributed by atoms with Crippen molar-refractivity contribution in [1.29, 1.82) is 0 Å². The zero-order chi connectivity index (χ0) is 28.1. The lowest BCUT2D eigenvalue weighted by molar-refractivity contribution is 0.490. The van der Waals surface area contributed by atoms with Crippen LogP contribution in [0.1, 0.15) is 0 Å². The zero-order valence-corrected chi connectivity index (χ0v) is 25.3. The number of hydrogen-bond donors (Lipinski definition) is 0. The molecule has 0 aliphatic carbocycles. The van der Waals surface area contributed by atoms with E-state index in [0.717, 1.165) is 11.5 Å². The van der Waals surface area contributed by atoms with Gasteiger partial charge in [0.15, 0.2) is 11.5 Å². The van der Waals surface area contributed by atoms with Crippen molar-refractivity contribution >= 4 is 46.4 Å². The molecule has 0 aliphatic heterocycles. The summed E-state index contributed by atoms with van der Waals surface area (Å²) >= 11 is 0. The highest BCUT2D eigenvalue weighted by molar-refractivity contribution is 7.95. The first-order chi connectivity index (χ1) is 20.1. The molecule has 6 aromatic carbocycles. The van der Waals surface area contributed by atoms with E-state index in [-0.39, 0.29) is 0 Å². The summed E-state index contributed by atoms with van der Waals surface area (Å²) in [5.74, 6) is 1.83. The maximum atomic E-state index is 7.07. The van der Waals surface area contributed by atoms with Gasteiger partial charge in [-0.2, -0.15) is 0 Å². The third-order valence-electron chi connectivity index (χ3n) is 8.00. The average molecular weight is 569 g/mol. The molecular formula is C38H34OP2+2. The lowest BCUT2D eigenvalue weighted by Gasteiger charge is -2.27. The molecule has 0 unspecified atom stereocenters. The summed E-state index contributed by atoms with van der Waals surface area (Å²) in [5, 5.41) is 7.82. The first-order valence-corrected chi connectivity index (χ1v) is 18.4. The highest BCUT2D eigenvalue weighted by Gasteiger charge is 2.45. The van der Waals surface area contributed by atoms with E-state index < -0.39 is 14.5 Å². The quantitative estimate of drug-likeness (QED) is 0.175. The van der Waals surface area contributed by atoms with E-state index in [1.54, 1.807) is 0 Å². The molecule has 0 radical (unpaired) electrons. The lowest BCUT2D eigenvalue weighted by Crippen LogP contribution is -2.32. The van der Waals surface area contributed by atoms with Gasteiger partial charge < -0.3 is 4.74 Å². The highest BCUT2D eigenvalue weighted by atomic mass is 31.2. The normalized spacial score (nSPS) is 11.7. The van der Waals surface area contributed by atoms with Crippen molar-refractivity contribution in [3.63, 3.8) is 0 Å². The van der Waals surface area contributed by atoms with Crippen molar-refractivity contribution in [1.82, 2.24) is 0 Å². The smallest absolute Gasteiger partial charge is 0.170 e. The Balaban J connectivity index is 1.53. The van der Waals surface area contributed by atoms with Crippen LogP contribution in [-0.4, -0.2) is 13.3 Å². The molecule has 0 fully saturated rings. The number of benzene rings is 6. The number of para-hydroxylation sites is 2. The van der Waals surface area contributed by atoms with Crippen LogP contribution < -0.4 is 36.6 Å². The Labute approximate surface area is 245 Å². The maximum Gasteiger partial charge on any atom is 0.170 e. The summed E-state index contributed by atoms with van der Waals surface area (Å²) < 4.78 is 7.07. The van der Waals surface area contributed by atoms with Crippen LogP contribution in [0.3, 0.4) is 0 Å². The Kier molecular flexibility index (Phi) is 7.84. The Bertz CT molecular complexity index is 1510. The molecule has 0 heterocycles. The van der Waals surface area contributed by atoms with Gasteiger partial charge in [0.2, 0.25) is 0 Å². The molecular weight excluding hydrogens is 534 g/mol. The molecule has 41 heavy (non-hydrogen) atoms. The van der Waals surface area contributed by atoms with Gasteiger partial charge >= 0.3 is 0 Å². The molecule has 3 heteroatoms. The van der Waals surface area contributed by atoms with Crippen molar-refractivity contribution in [2.45, 2.75) is 0 Å². The predicted molar refractivity (Wildman–Crippen MR) is 182 cm³/mol. The SMILES string of the molecule is C[P+](c1ccccc1)(c1ccccc1)c1ccccc1Oc1ccccc1[P+](C)(c1ccccc1)c1ccccc1. The van der Waals surface area contributed by atoms with Gasteiger partial charge in [-0.1, -0.05) is 97.1 Å². The first kappa shape index (κ1) is 27.2. The van der Waals surface area contributed by atoms with Crippen molar-refractivity contribution in [2.75, 3.05) is 13.3 Å². The third kappa shape index (κ3) is 5.13. The van der Waals surface area contributed by atoms with E-state index in [4.69, 9.17) is 4.74 Å². The van der Waals surface area contributed by atoms with E-state index in [1.807, 2.05) is 0 Å². The molecule has 0 spiro atoms. The molecule has 6 rings (SSSR count). The second-order valence-corrected chi connectivity index (χ2v) is 17.4. The lowest BCUT2D eigenvalue weighted by atomic mass is 10.3. The minimum Gasteiger partial charge on any atom is -0.449 e. The Morgan fingerprint density at radius 3 is 0.854 bits per heavy atom. The average Bonchev–Trinajstić information content (AvgIpc) is 3.06. The van der Waals surface area contributed by atoms with Crippen LogP contribution in [0.25, 0.3) is 0 Å². The maximum absolute atomic E-state index is 7.07. The molecule has 0 amide bonds. The van der Waals surface area contributed by atoms with Crippen LogP contribution in [0.2, 0.25) is 0 Å². The summed E-state index contributed by atoms with van der Waals surface area (Å²) in [6.07, 6.45) is 0. The molecule has 0 aliphatic rings. The minimum atomic E-state index is -1.99. The monoisotopic (exact) mass is 568 g/mol. The van der Waals surface area contributed by atoms with Crippen LogP contribution in [0.4, 0.5) is 0 Å². The van der Waals surface area contributed by atoms with E-state index >= 15 is 0 Å². The van der Waals surface area contributed by atoms with Gasteiger partial charge in [-0.25, -0.2) is 0 Å². The van der Waals surface area contributed by atoms with Crippen molar-refractivity contribution in [3.8, 4) is 11.5 Å². The Morgan fingerprint density at radius 2 is 0.561 bits per heavy atom. The zero-order valence-electron chi connectivity index (χ0n) is 23.5. The summed E-state index contributed by atoms with van der Waals surface area (Å²) in [7, 11) is -3.98. The van der Waals surface area contributed by atoms with Crippen molar-refractivity contribution in [3.05, 3.63) is 170 Å². The first-order valence-electron chi connectivity index (χ1n) is 13.9. The van der Waals surface area contributed by atoms with Crippen LogP contribution >= 0.6 is 14.5 Å². The fraction of sp³-hybridized carbons (Fsp3) is 0.0526. The summed E-state index contributed by atoms with van der Waals surface area (Å²) in [5.41, 5.74) is 0. The Morgan fingerprint density at radius 1 is 0.317 bits per heavy atom. The van der Waals surface area contributed by atoms with Gasteiger partial charge in [0, 0.05) is 0 Å². The van der Waals surface area contributed by atoms with Crippen molar-refractivity contribution in [2.24, 2.45) is 0 Å². The molecule has 0 aromatic heterocycles. The summed E-state index contributed by atoms with van der Waals surface area (Å²) in [6, 6.07) is 60.9. The molecule has 6 aromatic rings. The second kappa shape index (κ2) is 11.8. The van der Waals surface area contributed by atoms with Gasteiger partial charge in [0.1, 0.15) is 46.4 Å². The molecule has 0 atom stereocenters. The standard InChI is InChI=1S/C38H34OP2/c1-40(31-19-7-3-8-20-31,32-21-9-4-10-22-32)37-29-17-15-27-35(37)39-36-28-16-18-30-38(36)41(2,33-23-11-5-12-24-33)34-25-13-6-14-26-34/h3-30H,1-2H3/q+2. The van der Waals surface area contributed by atoms with Crippen LogP contribution in [0, 0.1) is 0 Å². The van der Waals surface area contributed by atoms with Crippen molar-refractivity contribution < 1.29 is 4.74 Å². The molecule has 0 saturated carbocycles. The van der Waals surface area contributed by atoms with E-state index in [0.29, 0.717) is 0 Å². The van der Waals surface area contributed by atoms with E-state index in [2.05, 4.69) is 183 Å².